The van der Waals surface area contributed by atoms with E-state index in [1.165, 1.54) is 17.7 Å². The van der Waals surface area contributed by atoms with Gasteiger partial charge in [-0.25, -0.2) is 18.4 Å². The van der Waals surface area contributed by atoms with Crippen molar-refractivity contribution in [1.82, 2.24) is 9.97 Å². The first-order chi connectivity index (χ1) is 9.38. The highest BCUT2D eigenvalue weighted by molar-refractivity contribution is 7.92. The molecule has 0 bridgehead atoms. The van der Waals surface area contributed by atoms with Crippen LogP contribution in [0.1, 0.15) is 0 Å². The van der Waals surface area contributed by atoms with Crippen LogP contribution in [0.5, 0.6) is 0 Å². The number of hydrogen-bond acceptors (Lipinski definition) is 5. The van der Waals surface area contributed by atoms with Crippen LogP contribution in [0.2, 0.25) is 5.15 Å². The Morgan fingerprint density at radius 1 is 1.25 bits per heavy atom. The average Bonchev–Trinajstić information content (AvgIpc) is 2.37. The largest absolute Gasteiger partial charge is 0.338 e. The number of nitrogens with zero attached hydrogens (tertiary/aromatic N) is 3. The fourth-order valence-electron chi connectivity index (χ4n) is 1.57. The molecule has 106 valence electrons. The summed E-state index contributed by atoms with van der Waals surface area (Å²) in [5.74, 6) is 0.486. The van der Waals surface area contributed by atoms with Crippen LogP contribution in [0.15, 0.2) is 36.7 Å². The summed E-state index contributed by atoms with van der Waals surface area (Å²) in [5.41, 5.74) is 1.12. The zero-order valence-corrected chi connectivity index (χ0v) is 12.5. The molecule has 0 aliphatic rings. The molecule has 0 atom stereocenters. The first-order valence-corrected chi connectivity index (χ1v) is 7.88. The van der Waals surface area contributed by atoms with Gasteiger partial charge in [-0.15, -0.1) is 0 Å². The smallest absolute Gasteiger partial charge is 0.232 e. The minimum Gasteiger partial charge on any atom is -0.338 e. The Morgan fingerprint density at radius 2 is 1.95 bits per heavy atom. The molecular formula is C12H13ClN4O2S. The van der Waals surface area contributed by atoms with Crippen LogP contribution < -0.4 is 9.62 Å². The molecule has 0 amide bonds. The number of para-hydroxylation sites is 2. The molecule has 0 unspecified atom stereocenters. The molecule has 0 spiro atoms. The third kappa shape index (κ3) is 3.37. The molecule has 1 heterocycles. The van der Waals surface area contributed by atoms with Gasteiger partial charge >= 0.3 is 0 Å². The van der Waals surface area contributed by atoms with Crippen molar-refractivity contribution in [2.45, 2.75) is 0 Å². The summed E-state index contributed by atoms with van der Waals surface area (Å²) in [7, 11) is -1.86. The van der Waals surface area contributed by atoms with Crippen LogP contribution in [0.25, 0.3) is 0 Å². The van der Waals surface area contributed by atoms with Gasteiger partial charge < -0.3 is 5.32 Å². The summed E-state index contributed by atoms with van der Waals surface area (Å²) >= 11 is 5.79. The highest BCUT2D eigenvalue weighted by Gasteiger charge is 2.15. The first-order valence-electron chi connectivity index (χ1n) is 5.65. The van der Waals surface area contributed by atoms with Gasteiger partial charge in [-0.3, -0.25) is 4.31 Å². The van der Waals surface area contributed by atoms with Crippen molar-refractivity contribution >= 4 is 38.8 Å². The molecular weight excluding hydrogens is 300 g/mol. The number of sulfonamides is 1. The van der Waals surface area contributed by atoms with E-state index in [-0.39, 0.29) is 0 Å². The molecule has 20 heavy (non-hydrogen) atoms. The van der Waals surface area contributed by atoms with Gasteiger partial charge in [0.2, 0.25) is 10.0 Å². The van der Waals surface area contributed by atoms with Gasteiger partial charge in [-0.05, 0) is 12.1 Å². The van der Waals surface area contributed by atoms with Gasteiger partial charge in [0, 0.05) is 13.1 Å². The Morgan fingerprint density at radius 3 is 2.60 bits per heavy atom. The zero-order chi connectivity index (χ0) is 14.8. The van der Waals surface area contributed by atoms with Crippen LogP contribution in [0.3, 0.4) is 0 Å². The molecule has 0 radical (unpaired) electrons. The van der Waals surface area contributed by atoms with Crippen molar-refractivity contribution in [3.05, 3.63) is 41.8 Å². The lowest BCUT2D eigenvalue weighted by molar-refractivity contribution is 0.600. The highest BCUT2D eigenvalue weighted by Crippen LogP contribution is 2.28. The number of hydrogen-bond donors (Lipinski definition) is 1. The Hall–Kier alpha value is -1.86. The van der Waals surface area contributed by atoms with E-state index in [4.69, 9.17) is 11.6 Å². The third-order valence-electron chi connectivity index (χ3n) is 2.64. The van der Waals surface area contributed by atoms with E-state index in [2.05, 4.69) is 15.3 Å². The summed E-state index contributed by atoms with van der Waals surface area (Å²) in [6.07, 6.45) is 2.47. The number of aromatic nitrogens is 2. The van der Waals surface area contributed by atoms with Crippen LogP contribution in [-0.4, -0.2) is 31.7 Å². The van der Waals surface area contributed by atoms with Crippen molar-refractivity contribution in [2.24, 2.45) is 0 Å². The Balaban J connectivity index is 2.38. The van der Waals surface area contributed by atoms with Gasteiger partial charge in [0.25, 0.3) is 0 Å². The second-order valence-corrected chi connectivity index (χ2v) is 6.50. The normalized spacial score (nSPS) is 11.2. The van der Waals surface area contributed by atoms with Crippen molar-refractivity contribution in [2.75, 3.05) is 22.9 Å². The number of nitrogens with one attached hydrogen (secondary N) is 1. The van der Waals surface area contributed by atoms with Crippen LogP contribution >= 0.6 is 11.6 Å². The SMILES string of the molecule is CN(c1ccccc1Nc1cc(Cl)ncn1)S(C)(=O)=O. The third-order valence-corrected chi connectivity index (χ3v) is 4.04. The summed E-state index contributed by atoms with van der Waals surface area (Å²) in [6, 6.07) is 8.57. The van der Waals surface area contributed by atoms with Crippen molar-refractivity contribution in [3.63, 3.8) is 0 Å². The molecule has 6 nitrogen and oxygen atoms in total. The van der Waals surface area contributed by atoms with Crippen molar-refractivity contribution < 1.29 is 8.42 Å². The van der Waals surface area contributed by atoms with Crippen LogP contribution in [0, 0.1) is 0 Å². The Bertz CT molecular complexity index is 721. The molecule has 0 aliphatic heterocycles. The fourth-order valence-corrected chi connectivity index (χ4v) is 2.24. The number of benzene rings is 1. The lowest BCUT2D eigenvalue weighted by Crippen LogP contribution is -2.25. The first kappa shape index (κ1) is 14.5. The minimum atomic E-state index is -3.34. The van der Waals surface area contributed by atoms with Gasteiger partial charge in [-0.2, -0.15) is 0 Å². The number of anilines is 3. The molecule has 8 heteroatoms. The maximum Gasteiger partial charge on any atom is 0.232 e. The molecule has 0 saturated carbocycles. The van der Waals surface area contributed by atoms with E-state index < -0.39 is 10.0 Å². The lowest BCUT2D eigenvalue weighted by atomic mass is 10.2. The molecule has 2 aromatic rings. The standard InChI is InChI=1S/C12H13ClN4O2S/c1-17(20(2,18)19)10-6-4-3-5-9(10)16-12-7-11(13)14-8-15-12/h3-8H,1-2H3,(H,14,15,16). The Kier molecular flexibility index (Phi) is 4.10. The average molecular weight is 313 g/mol. The fraction of sp³-hybridized carbons (Fsp3) is 0.167. The summed E-state index contributed by atoms with van der Waals surface area (Å²) < 4.78 is 24.5. The Labute approximate surface area is 122 Å². The maximum atomic E-state index is 11.6. The van der Waals surface area contributed by atoms with Crippen LogP contribution in [-0.2, 0) is 10.0 Å². The maximum absolute atomic E-state index is 11.6. The van der Waals surface area contributed by atoms with Crippen LogP contribution in [0.4, 0.5) is 17.2 Å². The molecule has 2 rings (SSSR count). The molecule has 1 N–H and O–H groups in total. The summed E-state index contributed by atoms with van der Waals surface area (Å²) in [4.78, 5) is 7.81. The van der Waals surface area contributed by atoms with Gasteiger partial charge in [0.05, 0.1) is 17.6 Å². The second kappa shape index (κ2) is 5.64. The molecule has 1 aromatic carbocycles. The van der Waals surface area contributed by atoms with E-state index in [0.717, 1.165) is 6.26 Å². The highest BCUT2D eigenvalue weighted by atomic mass is 35.5. The minimum absolute atomic E-state index is 0.302. The lowest BCUT2D eigenvalue weighted by Gasteiger charge is -2.20. The second-order valence-electron chi connectivity index (χ2n) is 4.10. The summed E-state index contributed by atoms with van der Waals surface area (Å²) in [5, 5.41) is 3.33. The van der Waals surface area contributed by atoms with E-state index in [9.17, 15) is 8.42 Å². The summed E-state index contributed by atoms with van der Waals surface area (Å²) in [6.45, 7) is 0. The van der Waals surface area contributed by atoms with Gasteiger partial charge in [0.15, 0.2) is 0 Å². The predicted octanol–water partition coefficient (Wildman–Crippen LogP) is 2.27. The van der Waals surface area contributed by atoms with E-state index in [1.54, 1.807) is 30.3 Å². The van der Waals surface area contributed by atoms with Gasteiger partial charge in [-0.1, -0.05) is 23.7 Å². The quantitative estimate of drug-likeness (QED) is 0.877. The molecule has 0 saturated heterocycles. The zero-order valence-electron chi connectivity index (χ0n) is 10.9. The van der Waals surface area contributed by atoms with E-state index in [0.29, 0.717) is 22.3 Å². The van der Waals surface area contributed by atoms with E-state index >= 15 is 0 Å². The van der Waals surface area contributed by atoms with Crippen molar-refractivity contribution in [3.8, 4) is 0 Å². The molecule has 0 aliphatic carbocycles. The van der Waals surface area contributed by atoms with E-state index in [1.807, 2.05) is 0 Å². The topological polar surface area (TPSA) is 75.2 Å². The molecule has 1 aromatic heterocycles. The number of halogens is 1. The monoisotopic (exact) mass is 312 g/mol. The van der Waals surface area contributed by atoms with Crippen molar-refractivity contribution in [1.29, 1.82) is 0 Å². The van der Waals surface area contributed by atoms with Gasteiger partial charge in [0.1, 0.15) is 17.3 Å². The number of rotatable bonds is 4. The molecule has 0 fully saturated rings. The predicted molar refractivity (Wildman–Crippen MR) is 80.0 cm³/mol.